The third-order valence-corrected chi connectivity index (χ3v) is 4.26. The Morgan fingerprint density at radius 3 is 2.92 bits per heavy atom. The zero-order valence-electron chi connectivity index (χ0n) is 13.9. The first-order chi connectivity index (χ1) is 11.8. The lowest BCUT2D eigenvalue weighted by atomic mass is 10.3. The van der Waals surface area contributed by atoms with Crippen molar-refractivity contribution in [1.82, 2.24) is 20.4 Å². The van der Waals surface area contributed by atoms with Crippen LogP contribution in [0.3, 0.4) is 0 Å². The van der Waals surface area contributed by atoms with Crippen molar-refractivity contribution in [3.63, 3.8) is 0 Å². The van der Waals surface area contributed by atoms with Crippen molar-refractivity contribution < 1.29 is 4.39 Å². The van der Waals surface area contributed by atoms with Crippen LogP contribution in [0.2, 0.25) is 0 Å². The highest BCUT2D eigenvalue weighted by atomic mass is 32.2. The molecular formula is C17H24FN5S. The molecule has 5 nitrogen and oxygen atoms in total. The Hall–Kier alpha value is -2.02. The molecule has 1 heterocycles. The number of benzene rings is 1. The maximum atomic E-state index is 13.5. The van der Waals surface area contributed by atoms with Gasteiger partial charge in [0.15, 0.2) is 5.96 Å². The topological polar surface area (TPSA) is 54.2 Å². The molecule has 2 N–H and O–H groups in total. The van der Waals surface area contributed by atoms with Gasteiger partial charge in [-0.05, 0) is 31.5 Å². The molecule has 2 aromatic rings. The van der Waals surface area contributed by atoms with Crippen LogP contribution in [-0.4, -0.2) is 41.1 Å². The molecule has 130 valence electrons. The Bertz CT molecular complexity index is 615. The average molecular weight is 349 g/mol. The molecule has 0 fully saturated rings. The summed E-state index contributed by atoms with van der Waals surface area (Å²) in [6.45, 7) is 5.17. The van der Waals surface area contributed by atoms with Gasteiger partial charge in [0.25, 0.3) is 0 Å². The second-order valence-electron chi connectivity index (χ2n) is 5.09. The fraction of sp³-hybridized carbons (Fsp3) is 0.412. The van der Waals surface area contributed by atoms with Gasteiger partial charge in [-0.1, -0.05) is 12.1 Å². The molecule has 1 aromatic carbocycles. The van der Waals surface area contributed by atoms with Crippen LogP contribution in [0.15, 0.2) is 52.6 Å². The highest BCUT2D eigenvalue weighted by Crippen LogP contribution is 2.20. The van der Waals surface area contributed by atoms with Gasteiger partial charge in [-0.2, -0.15) is 5.10 Å². The Morgan fingerprint density at radius 2 is 2.17 bits per heavy atom. The first-order valence-corrected chi connectivity index (χ1v) is 9.15. The number of hydrogen-bond donors (Lipinski definition) is 2. The summed E-state index contributed by atoms with van der Waals surface area (Å²) in [5, 5.41) is 10.7. The SMILES string of the molecule is CCNC(=NCCCn1cccn1)NCCSc1ccccc1F. The second kappa shape index (κ2) is 10.7. The van der Waals surface area contributed by atoms with E-state index in [9.17, 15) is 4.39 Å². The summed E-state index contributed by atoms with van der Waals surface area (Å²) in [4.78, 5) is 5.23. The van der Waals surface area contributed by atoms with Crippen LogP contribution in [0, 0.1) is 5.82 Å². The van der Waals surface area contributed by atoms with Crippen LogP contribution in [0.5, 0.6) is 0 Å². The largest absolute Gasteiger partial charge is 0.357 e. The highest BCUT2D eigenvalue weighted by molar-refractivity contribution is 7.99. The fourth-order valence-electron chi connectivity index (χ4n) is 2.09. The van der Waals surface area contributed by atoms with E-state index in [2.05, 4.69) is 20.7 Å². The van der Waals surface area contributed by atoms with E-state index in [-0.39, 0.29) is 5.82 Å². The molecule has 0 aliphatic rings. The fourth-order valence-corrected chi connectivity index (χ4v) is 2.90. The van der Waals surface area contributed by atoms with E-state index in [1.54, 1.807) is 18.3 Å². The van der Waals surface area contributed by atoms with Crippen LogP contribution in [0.1, 0.15) is 13.3 Å². The summed E-state index contributed by atoms with van der Waals surface area (Å²) in [5.41, 5.74) is 0. The van der Waals surface area contributed by atoms with Gasteiger partial charge in [0.05, 0.1) is 0 Å². The summed E-state index contributed by atoms with van der Waals surface area (Å²) in [5.74, 6) is 1.41. The van der Waals surface area contributed by atoms with Crippen molar-refractivity contribution in [1.29, 1.82) is 0 Å². The van der Waals surface area contributed by atoms with Crippen LogP contribution in [0.25, 0.3) is 0 Å². The Balaban J connectivity index is 1.68. The van der Waals surface area contributed by atoms with E-state index in [1.807, 2.05) is 29.9 Å². The quantitative estimate of drug-likeness (QED) is 0.316. The maximum absolute atomic E-state index is 13.5. The van der Waals surface area contributed by atoms with Crippen molar-refractivity contribution in [3.05, 3.63) is 48.5 Å². The van der Waals surface area contributed by atoms with Gasteiger partial charge in [0, 0.05) is 49.2 Å². The normalized spacial score (nSPS) is 11.5. The Kier molecular flexibility index (Phi) is 8.17. The molecule has 0 bridgehead atoms. The molecule has 0 saturated carbocycles. The summed E-state index contributed by atoms with van der Waals surface area (Å²) in [7, 11) is 0. The number of rotatable bonds is 9. The Labute approximate surface area is 146 Å². The molecule has 2 rings (SSSR count). The summed E-state index contributed by atoms with van der Waals surface area (Å²) >= 11 is 1.50. The number of aliphatic imine (C=N–C) groups is 1. The van der Waals surface area contributed by atoms with Crippen molar-refractivity contribution in [2.75, 3.05) is 25.4 Å². The lowest BCUT2D eigenvalue weighted by Gasteiger charge is -2.11. The van der Waals surface area contributed by atoms with E-state index >= 15 is 0 Å². The zero-order chi connectivity index (χ0) is 17.0. The number of aryl methyl sites for hydroxylation is 1. The standard InChI is InChI=1S/C17H24FN5S/c1-2-19-17(20-9-5-12-23-13-6-10-22-23)21-11-14-24-16-8-4-3-7-15(16)18/h3-4,6-8,10,13H,2,5,9,11-12,14H2,1H3,(H2,19,20,21). The number of thioether (sulfide) groups is 1. The molecule has 0 saturated heterocycles. The zero-order valence-corrected chi connectivity index (χ0v) is 14.7. The molecule has 0 aliphatic carbocycles. The van der Waals surface area contributed by atoms with Crippen LogP contribution in [0.4, 0.5) is 4.39 Å². The lowest BCUT2D eigenvalue weighted by Crippen LogP contribution is -2.38. The van der Waals surface area contributed by atoms with Crippen LogP contribution in [-0.2, 0) is 6.54 Å². The molecule has 7 heteroatoms. The van der Waals surface area contributed by atoms with Gasteiger partial charge >= 0.3 is 0 Å². The molecule has 1 aromatic heterocycles. The van der Waals surface area contributed by atoms with Crippen molar-refractivity contribution in [2.24, 2.45) is 4.99 Å². The first kappa shape index (κ1) is 18.3. The van der Waals surface area contributed by atoms with Gasteiger partial charge in [-0.25, -0.2) is 4.39 Å². The minimum Gasteiger partial charge on any atom is -0.357 e. The predicted molar refractivity (Wildman–Crippen MR) is 97.9 cm³/mol. The van der Waals surface area contributed by atoms with Gasteiger partial charge in [-0.15, -0.1) is 11.8 Å². The number of nitrogens with one attached hydrogen (secondary N) is 2. The van der Waals surface area contributed by atoms with Gasteiger partial charge in [0.1, 0.15) is 5.82 Å². The van der Waals surface area contributed by atoms with E-state index in [0.717, 1.165) is 44.3 Å². The van der Waals surface area contributed by atoms with E-state index in [0.29, 0.717) is 4.90 Å². The third-order valence-electron chi connectivity index (χ3n) is 3.21. The molecule has 0 aliphatic heterocycles. The molecule has 24 heavy (non-hydrogen) atoms. The molecule has 0 atom stereocenters. The van der Waals surface area contributed by atoms with E-state index in [4.69, 9.17) is 0 Å². The maximum Gasteiger partial charge on any atom is 0.191 e. The summed E-state index contributed by atoms with van der Waals surface area (Å²) in [6, 6.07) is 8.76. The number of hydrogen-bond acceptors (Lipinski definition) is 3. The lowest BCUT2D eigenvalue weighted by molar-refractivity contribution is 0.584. The van der Waals surface area contributed by atoms with Crippen LogP contribution >= 0.6 is 11.8 Å². The average Bonchev–Trinajstić information content (AvgIpc) is 3.10. The van der Waals surface area contributed by atoms with Gasteiger partial charge in [-0.3, -0.25) is 9.67 Å². The number of halogens is 1. The highest BCUT2D eigenvalue weighted by Gasteiger charge is 2.01. The number of aromatic nitrogens is 2. The van der Waals surface area contributed by atoms with Crippen molar-refractivity contribution in [2.45, 2.75) is 24.8 Å². The van der Waals surface area contributed by atoms with Crippen LogP contribution < -0.4 is 10.6 Å². The predicted octanol–water partition coefficient (Wildman–Crippen LogP) is 2.76. The van der Waals surface area contributed by atoms with Gasteiger partial charge in [0.2, 0.25) is 0 Å². The molecule has 0 radical (unpaired) electrons. The van der Waals surface area contributed by atoms with E-state index in [1.165, 1.54) is 17.8 Å². The molecule has 0 unspecified atom stereocenters. The van der Waals surface area contributed by atoms with E-state index < -0.39 is 0 Å². The second-order valence-corrected chi connectivity index (χ2v) is 6.23. The summed E-state index contributed by atoms with van der Waals surface area (Å²) in [6.07, 6.45) is 4.66. The molecular weight excluding hydrogens is 325 g/mol. The van der Waals surface area contributed by atoms with Crippen molar-refractivity contribution >= 4 is 17.7 Å². The monoisotopic (exact) mass is 349 g/mol. The van der Waals surface area contributed by atoms with Gasteiger partial charge < -0.3 is 10.6 Å². The summed E-state index contributed by atoms with van der Waals surface area (Å²) < 4.78 is 15.4. The molecule has 0 spiro atoms. The smallest absolute Gasteiger partial charge is 0.191 e. The first-order valence-electron chi connectivity index (χ1n) is 8.16. The van der Waals surface area contributed by atoms with Crippen molar-refractivity contribution in [3.8, 4) is 0 Å². The molecule has 0 amide bonds. The number of nitrogens with zero attached hydrogens (tertiary/aromatic N) is 3. The minimum atomic E-state index is -0.165. The Morgan fingerprint density at radius 1 is 1.29 bits per heavy atom. The third kappa shape index (κ3) is 6.62. The minimum absolute atomic E-state index is 0.165. The number of guanidine groups is 1.